The van der Waals surface area contributed by atoms with E-state index in [0.29, 0.717) is 16.3 Å². The average Bonchev–Trinajstić information content (AvgIpc) is 2.94. The smallest absolute Gasteiger partial charge is 0.271 e. The van der Waals surface area contributed by atoms with Crippen LogP contribution < -0.4 is 0 Å². The first-order valence-corrected chi connectivity index (χ1v) is 8.60. The molecule has 5 nitrogen and oxygen atoms in total. The van der Waals surface area contributed by atoms with Gasteiger partial charge in [-0.3, -0.25) is 10.1 Å². The molecular formula is C21H16ClN3O2. The van der Waals surface area contributed by atoms with Crippen LogP contribution >= 0.6 is 11.6 Å². The summed E-state index contributed by atoms with van der Waals surface area (Å²) in [6.45, 7) is 3.85. The van der Waals surface area contributed by atoms with Gasteiger partial charge in [-0.05, 0) is 55.3 Å². The van der Waals surface area contributed by atoms with Crippen molar-refractivity contribution < 1.29 is 4.92 Å². The van der Waals surface area contributed by atoms with E-state index in [1.807, 2.05) is 36.6 Å². The minimum atomic E-state index is -0.410. The number of nitro groups is 1. The van der Waals surface area contributed by atoms with Gasteiger partial charge < -0.3 is 4.57 Å². The number of rotatable bonds is 4. The van der Waals surface area contributed by atoms with Crippen molar-refractivity contribution in [2.75, 3.05) is 0 Å². The van der Waals surface area contributed by atoms with Gasteiger partial charge in [-0.2, -0.15) is 5.26 Å². The van der Waals surface area contributed by atoms with Crippen molar-refractivity contribution in [2.24, 2.45) is 0 Å². The molecular weight excluding hydrogens is 362 g/mol. The Labute approximate surface area is 161 Å². The summed E-state index contributed by atoms with van der Waals surface area (Å²) in [6.07, 6.45) is 1.82. The van der Waals surface area contributed by atoms with Crippen LogP contribution in [0.5, 0.6) is 0 Å². The molecule has 6 heteroatoms. The highest BCUT2D eigenvalue weighted by atomic mass is 35.5. The lowest BCUT2D eigenvalue weighted by atomic mass is 10.0. The van der Waals surface area contributed by atoms with Crippen LogP contribution in [0, 0.1) is 35.3 Å². The predicted octanol–water partition coefficient (Wildman–Crippen LogP) is 5.72. The fourth-order valence-corrected chi connectivity index (χ4v) is 3.17. The number of aryl methyl sites for hydroxylation is 1. The summed E-state index contributed by atoms with van der Waals surface area (Å²) in [7, 11) is 0. The second kappa shape index (κ2) is 7.48. The molecule has 0 aliphatic carbocycles. The van der Waals surface area contributed by atoms with Crippen molar-refractivity contribution in [2.45, 2.75) is 13.8 Å². The van der Waals surface area contributed by atoms with E-state index in [2.05, 4.69) is 6.07 Å². The molecule has 2 aromatic carbocycles. The molecule has 3 aromatic rings. The lowest BCUT2D eigenvalue weighted by Gasteiger charge is -2.09. The Hall–Kier alpha value is -3.36. The van der Waals surface area contributed by atoms with Crippen molar-refractivity contribution in [1.29, 1.82) is 5.26 Å². The fraction of sp³-hybridized carbons (Fsp3) is 0.0952. The number of benzene rings is 2. The number of allylic oxidation sites excluding steroid dienone is 1. The average molecular weight is 378 g/mol. The van der Waals surface area contributed by atoms with E-state index in [-0.39, 0.29) is 5.69 Å². The number of nitriles is 1. The van der Waals surface area contributed by atoms with Gasteiger partial charge in [0.15, 0.2) is 0 Å². The number of nitro benzene ring substituents is 1. The number of aromatic nitrogens is 1. The molecule has 0 unspecified atom stereocenters. The van der Waals surface area contributed by atoms with Crippen molar-refractivity contribution in [1.82, 2.24) is 4.57 Å². The Morgan fingerprint density at radius 1 is 1.19 bits per heavy atom. The summed E-state index contributed by atoms with van der Waals surface area (Å²) in [4.78, 5) is 10.7. The lowest BCUT2D eigenvalue weighted by Crippen LogP contribution is -2.00. The molecule has 0 aliphatic heterocycles. The van der Waals surface area contributed by atoms with Gasteiger partial charge in [0.05, 0.1) is 22.3 Å². The number of halogens is 1. The van der Waals surface area contributed by atoms with Crippen LogP contribution in [0.15, 0.2) is 54.6 Å². The van der Waals surface area contributed by atoms with Crippen molar-refractivity contribution in [3.8, 4) is 11.8 Å². The van der Waals surface area contributed by atoms with E-state index < -0.39 is 4.92 Å². The van der Waals surface area contributed by atoms with E-state index in [1.165, 1.54) is 12.1 Å². The Morgan fingerprint density at radius 3 is 2.52 bits per heavy atom. The Bertz CT molecular complexity index is 1090. The number of hydrogen-bond acceptors (Lipinski definition) is 3. The molecule has 134 valence electrons. The van der Waals surface area contributed by atoms with Crippen LogP contribution in [0.3, 0.4) is 0 Å². The van der Waals surface area contributed by atoms with Crippen molar-refractivity contribution in [3.63, 3.8) is 0 Å². The Balaban J connectivity index is 2.08. The lowest BCUT2D eigenvalue weighted by molar-refractivity contribution is -0.384. The van der Waals surface area contributed by atoms with Gasteiger partial charge in [0, 0.05) is 28.5 Å². The molecule has 0 atom stereocenters. The van der Waals surface area contributed by atoms with Crippen molar-refractivity contribution in [3.05, 3.63) is 92.2 Å². The van der Waals surface area contributed by atoms with Crippen LogP contribution in [0.1, 0.15) is 22.5 Å². The summed E-state index contributed by atoms with van der Waals surface area (Å²) in [6, 6.07) is 17.8. The Morgan fingerprint density at radius 2 is 1.89 bits per heavy atom. The third-order valence-corrected chi connectivity index (χ3v) is 4.60. The van der Waals surface area contributed by atoms with E-state index in [0.717, 1.165) is 22.5 Å². The molecule has 27 heavy (non-hydrogen) atoms. The van der Waals surface area contributed by atoms with Gasteiger partial charge in [-0.25, -0.2) is 0 Å². The maximum absolute atomic E-state index is 11.1. The highest BCUT2D eigenvalue weighted by molar-refractivity contribution is 6.30. The summed E-state index contributed by atoms with van der Waals surface area (Å²) in [5.74, 6) is 0. The predicted molar refractivity (Wildman–Crippen MR) is 107 cm³/mol. The molecule has 0 radical (unpaired) electrons. The minimum Gasteiger partial charge on any atom is -0.318 e. The van der Waals surface area contributed by atoms with Gasteiger partial charge in [0.2, 0.25) is 0 Å². The molecule has 0 saturated carbocycles. The summed E-state index contributed by atoms with van der Waals surface area (Å²) in [5, 5.41) is 21.2. The van der Waals surface area contributed by atoms with Crippen LogP contribution in [0.2, 0.25) is 5.02 Å². The van der Waals surface area contributed by atoms with Gasteiger partial charge in [-0.1, -0.05) is 29.8 Å². The van der Waals surface area contributed by atoms with E-state index in [4.69, 9.17) is 11.6 Å². The van der Waals surface area contributed by atoms with E-state index >= 15 is 0 Å². The van der Waals surface area contributed by atoms with Crippen LogP contribution in [0.4, 0.5) is 5.69 Å². The zero-order valence-electron chi connectivity index (χ0n) is 14.8. The zero-order valence-corrected chi connectivity index (χ0v) is 15.6. The normalized spacial score (nSPS) is 11.3. The molecule has 0 N–H and O–H groups in total. The first kappa shape index (κ1) is 18.4. The molecule has 0 saturated heterocycles. The molecule has 0 aliphatic rings. The van der Waals surface area contributed by atoms with Crippen LogP contribution in [0.25, 0.3) is 17.3 Å². The maximum Gasteiger partial charge on any atom is 0.271 e. The molecule has 0 bridgehead atoms. The number of hydrogen-bond donors (Lipinski definition) is 0. The van der Waals surface area contributed by atoms with Gasteiger partial charge in [0.1, 0.15) is 0 Å². The summed E-state index contributed by atoms with van der Waals surface area (Å²) in [5.41, 5.74) is 4.75. The third kappa shape index (κ3) is 3.76. The third-order valence-electron chi connectivity index (χ3n) is 4.34. The molecule has 1 aromatic heterocycles. The largest absolute Gasteiger partial charge is 0.318 e. The number of non-ortho nitro benzene ring substituents is 1. The monoisotopic (exact) mass is 377 g/mol. The molecule has 1 heterocycles. The van der Waals surface area contributed by atoms with Gasteiger partial charge >= 0.3 is 0 Å². The SMILES string of the molecule is Cc1cc(C=C(C#N)c2ccc(Cl)cc2)c(C)n1-c1cccc([N+](=O)[O-])c1. The standard InChI is InChI=1S/C21H16ClN3O2/c1-14-10-17(11-18(13-23)16-6-8-19(22)9-7-16)15(2)24(14)20-4-3-5-21(12-20)25(26)27/h3-12H,1-2H3. The van der Waals surface area contributed by atoms with E-state index in [9.17, 15) is 15.4 Å². The Kier molecular flexibility index (Phi) is 5.11. The molecule has 0 spiro atoms. The molecule has 3 rings (SSSR count). The maximum atomic E-state index is 11.1. The first-order chi connectivity index (χ1) is 12.9. The second-order valence-corrected chi connectivity index (χ2v) is 6.55. The van der Waals surface area contributed by atoms with Crippen LogP contribution in [-0.4, -0.2) is 9.49 Å². The minimum absolute atomic E-state index is 0.0379. The summed E-state index contributed by atoms with van der Waals surface area (Å²) >= 11 is 5.92. The van der Waals surface area contributed by atoms with Gasteiger partial charge in [0.25, 0.3) is 5.69 Å². The topological polar surface area (TPSA) is 71.9 Å². The van der Waals surface area contributed by atoms with Crippen LogP contribution in [-0.2, 0) is 0 Å². The molecule has 0 fully saturated rings. The van der Waals surface area contributed by atoms with E-state index in [1.54, 1.807) is 30.3 Å². The number of nitrogens with zero attached hydrogens (tertiary/aromatic N) is 3. The quantitative estimate of drug-likeness (QED) is 0.331. The highest BCUT2D eigenvalue weighted by Gasteiger charge is 2.13. The molecule has 0 amide bonds. The van der Waals surface area contributed by atoms with Gasteiger partial charge in [-0.15, -0.1) is 0 Å². The first-order valence-electron chi connectivity index (χ1n) is 8.22. The second-order valence-electron chi connectivity index (χ2n) is 6.12. The fourth-order valence-electron chi connectivity index (χ4n) is 3.04. The zero-order chi connectivity index (χ0) is 19.6. The van der Waals surface area contributed by atoms with Crippen molar-refractivity contribution >= 4 is 28.9 Å². The highest BCUT2D eigenvalue weighted by Crippen LogP contribution is 2.27. The summed E-state index contributed by atoms with van der Waals surface area (Å²) < 4.78 is 1.94.